The predicted octanol–water partition coefficient (Wildman–Crippen LogP) is 4.31. The molecule has 0 aromatic heterocycles. The van der Waals surface area contributed by atoms with Gasteiger partial charge in [0.15, 0.2) is 17.3 Å². The molecule has 5 heteroatoms. The quantitative estimate of drug-likeness (QED) is 0.725. The van der Waals surface area contributed by atoms with Crippen molar-refractivity contribution in [3.63, 3.8) is 0 Å². The van der Waals surface area contributed by atoms with E-state index < -0.39 is 0 Å². The highest BCUT2D eigenvalue weighted by Crippen LogP contribution is 2.40. The van der Waals surface area contributed by atoms with E-state index in [1.54, 1.807) is 32.4 Å². The topological polar surface area (TPSA) is 48.0 Å². The highest BCUT2D eigenvalue weighted by Gasteiger charge is 2.29. The lowest BCUT2D eigenvalue weighted by Crippen LogP contribution is -2.29. The third kappa shape index (κ3) is 3.76. The minimum absolute atomic E-state index is 0.145. The average Bonchev–Trinajstić information content (AvgIpc) is 3.03. The van der Waals surface area contributed by atoms with Gasteiger partial charge < -0.3 is 14.2 Å². The molecule has 0 unspecified atom stereocenters. The third-order valence-corrected chi connectivity index (χ3v) is 5.31. The molecule has 0 saturated carbocycles. The van der Waals surface area contributed by atoms with Crippen LogP contribution in [0.2, 0.25) is 0 Å². The van der Waals surface area contributed by atoms with Gasteiger partial charge in [0.25, 0.3) is 0 Å². The largest absolute Gasteiger partial charge is 0.493 e. The Morgan fingerprint density at radius 1 is 1.00 bits per heavy atom. The molecular weight excluding hydrogens is 354 g/mol. The number of likely N-dealkylation sites (tertiary alicyclic amines) is 1. The van der Waals surface area contributed by atoms with E-state index in [-0.39, 0.29) is 5.78 Å². The number of hydrogen-bond acceptors (Lipinski definition) is 5. The van der Waals surface area contributed by atoms with E-state index in [1.165, 1.54) is 37.9 Å². The molecule has 0 atom stereocenters. The lowest BCUT2D eigenvalue weighted by molar-refractivity contribution is 0.101. The van der Waals surface area contributed by atoms with E-state index in [1.807, 2.05) is 12.1 Å². The van der Waals surface area contributed by atoms with Crippen LogP contribution in [-0.2, 0) is 6.54 Å². The second-order valence-corrected chi connectivity index (χ2v) is 7.22. The molecule has 2 heterocycles. The average molecular weight is 379 g/mol. The highest BCUT2D eigenvalue weighted by molar-refractivity contribution is 6.14. The Labute approximate surface area is 165 Å². The van der Waals surface area contributed by atoms with Crippen molar-refractivity contribution in [1.82, 2.24) is 4.90 Å². The van der Waals surface area contributed by atoms with Crippen molar-refractivity contribution >= 4 is 11.9 Å². The molecule has 5 nitrogen and oxygen atoms in total. The number of fused-ring (bicyclic) bond motifs is 1. The first-order valence-corrected chi connectivity index (χ1v) is 9.69. The monoisotopic (exact) mass is 379 g/mol. The van der Waals surface area contributed by atoms with Gasteiger partial charge in [0, 0.05) is 12.6 Å². The van der Waals surface area contributed by atoms with Gasteiger partial charge in [0.2, 0.25) is 5.78 Å². The second-order valence-electron chi connectivity index (χ2n) is 7.22. The Hall–Kier alpha value is -2.79. The van der Waals surface area contributed by atoms with Gasteiger partial charge in [-0.05, 0) is 49.2 Å². The van der Waals surface area contributed by atoms with Crippen molar-refractivity contribution in [2.24, 2.45) is 0 Å². The maximum atomic E-state index is 12.7. The van der Waals surface area contributed by atoms with Gasteiger partial charge in [-0.2, -0.15) is 0 Å². The van der Waals surface area contributed by atoms with Crippen molar-refractivity contribution in [3.8, 4) is 17.2 Å². The van der Waals surface area contributed by atoms with Crippen LogP contribution in [0.1, 0.15) is 40.7 Å². The number of benzene rings is 2. The molecule has 2 aromatic rings. The fourth-order valence-electron chi connectivity index (χ4n) is 3.76. The summed E-state index contributed by atoms with van der Waals surface area (Å²) in [4.78, 5) is 15.2. The standard InChI is InChI=1S/C23H25NO4/c1-26-20-13-18-19(14-21(20)27-2)28-22(23(18)25)12-16-6-8-17(9-7-16)15-24-10-4-3-5-11-24/h6-9,12-14H,3-5,10-11,15H2,1-2H3. The Balaban J connectivity index is 1.50. The number of allylic oxidation sites excluding steroid dienone is 1. The van der Waals surface area contributed by atoms with Gasteiger partial charge in [-0.1, -0.05) is 30.7 Å². The number of ketones is 1. The van der Waals surface area contributed by atoms with Crippen molar-refractivity contribution in [2.75, 3.05) is 27.3 Å². The minimum atomic E-state index is -0.145. The first kappa shape index (κ1) is 18.6. The number of hydrogen-bond donors (Lipinski definition) is 0. The van der Waals surface area contributed by atoms with Gasteiger partial charge in [0.1, 0.15) is 5.75 Å². The molecule has 0 amide bonds. The van der Waals surface area contributed by atoms with Crippen LogP contribution in [0.5, 0.6) is 17.2 Å². The molecule has 4 rings (SSSR count). The number of rotatable bonds is 5. The van der Waals surface area contributed by atoms with Crippen LogP contribution >= 0.6 is 0 Å². The zero-order valence-electron chi connectivity index (χ0n) is 16.4. The van der Waals surface area contributed by atoms with Gasteiger partial charge in [0.05, 0.1) is 19.8 Å². The molecule has 2 aliphatic heterocycles. The first-order chi connectivity index (χ1) is 13.7. The summed E-state index contributed by atoms with van der Waals surface area (Å²) in [5, 5.41) is 0. The molecule has 0 spiro atoms. The van der Waals surface area contributed by atoms with Crippen LogP contribution in [0.3, 0.4) is 0 Å². The number of Topliss-reactive ketones (excluding diaryl/α,β-unsaturated/α-hetero) is 1. The fourth-order valence-corrected chi connectivity index (χ4v) is 3.76. The Kier molecular flexibility index (Phi) is 5.35. The molecule has 0 radical (unpaired) electrons. The van der Waals surface area contributed by atoms with Crippen LogP contribution in [0.25, 0.3) is 6.08 Å². The maximum absolute atomic E-state index is 12.7. The summed E-state index contributed by atoms with van der Waals surface area (Å²) in [5.41, 5.74) is 2.73. The number of carbonyl (C=O) groups excluding carboxylic acids is 1. The van der Waals surface area contributed by atoms with Crippen LogP contribution < -0.4 is 14.2 Å². The van der Waals surface area contributed by atoms with Crippen LogP contribution in [-0.4, -0.2) is 38.0 Å². The molecule has 0 aliphatic carbocycles. The molecule has 0 bridgehead atoms. The molecular formula is C23H25NO4. The predicted molar refractivity (Wildman–Crippen MR) is 108 cm³/mol. The van der Waals surface area contributed by atoms with Crippen LogP contribution in [0.15, 0.2) is 42.2 Å². The Bertz CT molecular complexity index is 896. The third-order valence-electron chi connectivity index (χ3n) is 5.31. The molecule has 28 heavy (non-hydrogen) atoms. The van der Waals surface area contributed by atoms with E-state index in [9.17, 15) is 4.79 Å². The van der Waals surface area contributed by atoms with Gasteiger partial charge in [-0.3, -0.25) is 9.69 Å². The Morgan fingerprint density at radius 3 is 2.36 bits per heavy atom. The highest BCUT2D eigenvalue weighted by atomic mass is 16.5. The van der Waals surface area contributed by atoms with Crippen molar-refractivity contribution in [3.05, 3.63) is 58.8 Å². The smallest absolute Gasteiger partial charge is 0.232 e. The van der Waals surface area contributed by atoms with E-state index in [2.05, 4.69) is 17.0 Å². The molecule has 2 aliphatic rings. The number of ether oxygens (including phenoxy) is 3. The van der Waals surface area contributed by atoms with E-state index in [0.29, 0.717) is 28.6 Å². The zero-order valence-corrected chi connectivity index (χ0v) is 16.4. The summed E-state index contributed by atoms with van der Waals surface area (Å²) in [6.07, 6.45) is 5.71. The number of piperidine rings is 1. The molecule has 2 aromatic carbocycles. The van der Waals surface area contributed by atoms with E-state index >= 15 is 0 Å². The molecule has 146 valence electrons. The molecule has 0 N–H and O–H groups in total. The Morgan fingerprint density at radius 2 is 1.68 bits per heavy atom. The normalized spacial score (nSPS) is 18.1. The summed E-state index contributed by atoms with van der Waals surface area (Å²) in [7, 11) is 3.11. The van der Waals surface area contributed by atoms with Gasteiger partial charge >= 0.3 is 0 Å². The summed E-state index contributed by atoms with van der Waals surface area (Å²) in [6.45, 7) is 3.34. The summed E-state index contributed by atoms with van der Waals surface area (Å²) >= 11 is 0. The van der Waals surface area contributed by atoms with E-state index in [0.717, 1.165) is 12.1 Å². The molecule has 1 saturated heterocycles. The van der Waals surface area contributed by atoms with Crippen LogP contribution in [0.4, 0.5) is 0 Å². The van der Waals surface area contributed by atoms with E-state index in [4.69, 9.17) is 14.2 Å². The van der Waals surface area contributed by atoms with Gasteiger partial charge in [-0.25, -0.2) is 0 Å². The summed E-state index contributed by atoms with van der Waals surface area (Å²) in [6, 6.07) is 11.7. The lowest BCUT2D eigenvalue weighted by Gasteiger charge is -2.26. The number of methoxy groups -OCH3 is 2. The summed E-state index contributed by atoms with van der Waals surface area (Å²) < 4.78 is 16.4. The first-order valence-electron chi connectivity index (χ1n) is 9.69. The maximum Gasteiger partial charge on any atom is 0.232 e. The van der Waals surface area contributed by atoms with Crippen molar-refractivity contribution in [2.45, 2.75) is 25.8 Å². The second kappa shape index (κ2) is 8.07. The fraction of sp³-hybridized carbons (Fsp3) is 0.348. The zero-order chi connectivity index (χ0) is 19.5. The molecule has 1 fully saturated rings. The van der Waals surface area contributed by atoms with Crippen LogP contribution in [0, 0.1) is 0 Å². The van der Waals surface area contributed by atoms with Gasteiger partial charge in [-0.15, -0.1) is 0 Å². The minimum Gasteiger partial charge on any atom is -0.493 e. The number of carbonyl (C=O) groups is 1. The van der Waals surface area contributed by atoms with Crippen molar-refractivity contribution in [1.29, 1.82) is 0 Å². The summed E-state index contributed by atoms with van der Waals surface area (Å²) in [5.74, 6) is 1.72. The van der Waals surface area contributed by atoms with Crippen molar-refractivity contribution < 1.29 is 19.0 Å². The lowest BCUT2D eigenvalue weighted by atomic mass is 10.1. The SMILES string of the molecule is COc1cc2c(cc1OC)C(=O)C(=Cc1ccc(CN3CCCCC3)cc1)O2. The number of nitrogens with zero attached hydrogens (tertiary/aromatic N) is 1.